The average Bonchev–Trinajstić information content (AvgIpc) is 3.19. The Bertz CT molecular complexity index is 1410. The second kappa shape index (κ2) is 9.80. The number of aromatic nitrogens is 1. The first kappa shape index (κ1) is 23.1. The molecule has 1 aromatic carbocycles. The lowest BCUT2D eigenvalue weighted by molar-refractivity contribution is -0.143. The maximum Gasteiger partial charge on any atom is 0.306 e. The highest BCUT2D eigenvalue weighted by atomic mass is 16.4. The summed E-state index contributed by atoms with van der Waals surface area (Å²) in [6, 6.07) is 4.57. The van der Waals surface area contributed by atoms with Crippen molar-refractivity contribution in [2.24, 2.45) is 11.8 Å². The first-order chi connectivity index (χ1) is 16.5. The van der Waals surface area contributed by atoms with Crippen LogP contribution in [0.1, 0.15) is 44.6 Å². The number of piperidine rings is 1. The molecule has 174 valence electrons. The molecule has 0 bridgehead atoms. The molecule has 0 amide bonds. The molecule has 9 nitrogen and oxygen atoms in total. The number of hydrogen-bond donors (Lipinski definition) is 3. The van der Waals surface area contributed by atoms with Crippen molar-refractivity contribution in [2.45, 2.75) is 44.6 Å². The van der Waals surface area contributed by atoms with E-state index in [4.69, 9.17) is 5.11 Å². The molecule has 1 atom stereocenters. The lowest BCUT2D eigenvalue weighted by Crippen LogP contribution is -2.39. The van der Waals surface area contributed by atoms with Crippen LogP contribution in [0.4, 0.5) is 5.69 Å². The predicted octanol–water partition coefficient (Wildman–Crippen LogP) is 0.306. The number of aliphatic carboxylic acids is 1. The molecule has 1 unspecified atom stereocenters. The van der Waals surface area contributed by atoms with E-state index in [1.807, 2.05) is 11.9 Å². The molecular weight excluding hydrogens is 438 g/mol. The zero-order valence-electron chi connectivity index (χ0n) is 18.3. The molecule has 34 heavy (non-hydrogen) atoms. The van der Waals surface area contributed by atoms with Crippen LogP contribution in [0.3, 0.4) is 0 Å². The van der Waals surface area contributed by atoms with E-state index in [1.165, 1.54) is 4.57 Å². The van der Waals surface area contributed by atoms with Gasteiger partial charge in [-0.2, -0.15) is 0 Å². The summed E-state index contributed by atoms with van der Waals surface area (Å²) >= 11 is 0. The lowest BCUT2D eigenvalue weighted by atomic mass is 9.82. The third-order valence-corrected chi connectivity index (χ3v) is 6.83. The highest BCUT2D eigenvalue weighted by Crippen LogP contribution is 2.30. The molecule has 2 aromatic rings. The molecule has 2 fully saturated rings. The van der Waals surface area contributed by atoms with Crippen LogP contribution < -0.4 is 21.3 Å². The number of rotatable bonds is 5. The van der Waals surface area contributed by atoms with Crippen molar-refractivity contribution in [2.75, 3.05) is 11.9 Å². The first-order valence-electron chi connectivity index (χ1n) is 11.2. The van der Waals surface area contributed by atoms with Crippen LogP contribution in [0.2, 0.25) is 0 Å². The molecule has 1 saturated heterocycles. The number of carbonyl (C=O) groups is 1. The monoisotopic (exact) mass is 461 g/mol. The maximum absolute atomic E-state index is 12.0. The van der Waals surface area contributed by atoms with Crippen LogP contribution in [0.15, 0.2) is 29.6 Å². The number of carboxylic acids is 1. The van der Waals surface area contributed by atoms with E-state index in [-0.39, 0.29) is 28.0 Å². The van der Waals surface area contributed by atoms with Crippen molar-refractivity contribution >= 4 is 46.2 Å². The number of fused-ring (bicyclic) bond motifs is 1. The average molecular weight is 461 g/mol. The van der Waals surface area contributed by atoms with Crippen molar-refractivity contribution in [3.63, 3.8) is 0 Å². The summed E-state index contributed by atoms with van der Waals surface area (Å²) in [6.45, 7) is 0.663. The van der Waals surface area contributed by atoms with Crippen molar-refractivity contribution in [3.8, 4) is 0 Å². The SMILES string of the molecule is O=C=C1CCC(n2c(=C=O)c3ccc(NCC4CCC(C(=O)O)CC4)cc3c2=C=O)C(=C=O)N1. The molecule has 0 radical (unpaired) electrons. The molecule has 9 heteroatoms. The zero-order valence-corrected chi connectivity index (χ0v) is 18.3. The van der Waals surface area contributed by atoms with Crippen LogP contribution >= 0.6 is 0 Å². The van der Waals surface area contributed by atoms with E-state index in [2.05, 4.69) is 10.6 Å². The number of carbonyl (C=O) groups excluding carboxylic acids is 4. The van der Waals surface area contributed by atoms with Gasteiger partial charge in [-0.05, 0) is 56.2 Å². The minimum absolute atomic E-state index is 0.0354. The number of carboxylic acid groups (broad SMARTS) is 1. The Morgan fingerprint density at radius 2 is 1.68 bits per heavy atom. The Morgan fingerprint density at radius 1 is 0.971 bits per heavy atom. The molecule has 0 spiro atoms. The van der Waals surface area contributed by atoms with Gasteiger partial charge in [-0.3, -0.25) is 4.79 Å². The van der Waals surface area contributed by atoms with Gasteiger partial charge in [0.15, 0.2) is 11.9 Å². The second-order valence-electron chi connectivity index (χ2n) is 8.74. The third kappa shape index (κ3) is 4.25. The summed E-state index contributed by atoms with van der Waals surface area (Å²) in [7, 11) is 0. The number of nitrogens with one attached hydrogen (secondary N) is 2. The molecule has 4 rings (SSSR count). The summed E-state index contributed by atoms with van der Waals surface area (Å²) in [5, 5.41) is 16.4. The first-order valence-corrected chi connectivity index (χ1v) is 11.2. The lowest BCUT2D eigenvalue weighted by Gasteiger charge is -2.26. The predicted molar refractivity (Wildman–Crippen MR) is 122 cm³/mol. The summed E-state index contributed by atoms with van der Waals surface area (Å²) in [5.74, 6) is 6.64. The standard InChI is InChI=1S/C25H23N3O6/c29-11-18-6-8-22(21(12-30)27-18)28-23(13-31)19-7-5-17(9-20(19)24(28)14-32)26-10-15-1-3-16(4-2-15)25(33)34/h5,7,9,15-16,22,26-27H,1-4,6,8,10H2,(H,33,34). The van der Waals surface area contributed by atoms with Crippen molar-refractivity contribution in [3.05, 3.63) is 40.3 Å². The quantitative estimate of drug-likeness (QED) is 0.542. The molecular formula is C25H23N3O6. The van der Waals surface area contributed by atoms with E-state index in [0.29, 0.717) is 48.9 Å². The number of benzene rings is 1. The molecule has 2 aliphatic rings. The van der Waals surface area contributed by atoms with Gasteiger partial charge in [-0.1, -0.05) is 0 Å². The van der Waals surface area contributed by atoms with E-state index >= 15 is 0 Å². The Balaban J connectivity index is 1.65. The summed E-state index contributed by atoms with van der Waals surface area (Å²) in [6.07, 6.45) is 3.57. The molecule has 1 saturated carbocycles. The fraction of sp³-hybridized carbons (Fsp3) is 0.400. The summed E-state index contributed by atoms with van der Waals surface area (Å²) in [4.78, 5) is 57.6. The highest BCUT2D eigenvalue weighted by Gasteiger charge is 2.28. The second-order valence-corrected chi connectivity index (χ2v) is 8.74. The molecule has 3 N–H and O–H groups in total. The Hall–Kier alpha value is -4.11. The molecule has 1 aromatic heterocycles. The smallest absolute Gasteiger partial charge is 0.306 e. The fourth-order valence-corrected chi connectivity index (χ4v) is 4.99. The van der Waals surface area contributed by atoms with Crippen molar-refractivity contribution < 1.29 is 29.1 Å². The minimum Gasteiger partial charge on any atom is -0.481 e. The minimum atomic E-state index is -0.735. The van der Waals surface area contributed by atoms with Gasteiger partial charge in [0.1, 0.15) is 34.0 Å². The summed E-state index contributed by atoms with van der Waals surface area (Å²) in [5.41, 5.74) is 0.995. The Morgan fingerprint density at radius 3 is 2.29 bits per heavy atom. The number of hydrogen-bond acceptors (Lipinski definition) is 7. The van der Waals surface area contributed by atoms with E-state index in [9.17, 15) is 24.0 Å². The van der Waals surface area contributed by atoms with Crippen LogP contribution in [0.25, 0.3) is 10.8 Å². The van der Waals surface area contributed by atoms with Gasteiger partial charge in [0.05, 0.1) is 12.0 Å². The van der Waals surface area contributed by atoms with E-state index in [1.54, 1.807) is 30.1 Å². The van der Waals surface area contributed by atoms with Gasteiger partial charge in [-0.25, -0.2) is 19.2 Å². The highest BCUT2D eigenvalue weighted by molar-refractivity contribution is 5.91. The van der Waals surface area contributed by atoms with E-state index in [0.717, 1.165) is 18.5 Å². The summed E-state index contributed by atoms with van der Waals surface area (Å²) < 4.78 is 1.43. The number of nitrogens with zero attached hydrogens (tertiary/aromatic N) is 1. The van der Waals surface area contributed by atoms with Crippen LogP contribution in [-0.4, -0.2) is 46.0 Å². The van der Waals surface area contributed by atoms with Gasteiger partial charge in [-0.15, -0.1) is 0 Å². The Labute approximate surface area is 194 Å². The number of allylic oxidation sites excluding steroid dienone is 2. The largest absolute Gasteiger partial charge is 0.481 e. The molecule has 2 heterocycles. The van der Waals surface area contributed by atoms with Crippen molar-refractivity contribution in [1.29, 1.82) is 0 Å². The normalized spacial score (nSPS) is 22.2. The topological polar surface area (TPSA) is 135 Å². The van der Waals surface area contributed by atoms with Crippen molar-refractivity contribution in [1.82, 2.24) is 9.88 Å². The van der Waals surface area contributed by atoms with Crippen LogP contribution in [0, 0.1) is 11.8 Å². The van der Waals surface area contributed by atoms with Gasteiger partial charge < -0.3 is 20.3 Å². The van der Waals surface area contributed by atoms with E-state index < -0.39 is 12.0 Å². The van der Waals surface area contributed by atoms with Crippen LogP contribution in [-0.2, 0) is 24.0 Å². The number of anilines is 1. The molecule has 1 aliphatic carbocycles. The fourth-order valence-electron chi connectivity index (χ4n) is 4.99. The molecule has 1 aliphatic heterocycles. The Kier molecular flexibility index (Phi) is 6.65. The van der Waals surface area contributed by atoms with Crippen LogP contribution in [0.5, 0.6) is 0 Å². The maximum atomic E-state index is 12.0. The van der Waals surface area contributed by atoms with Gasteiger partial charge in [0.2, 0.25) is 0 Å². The van der Waals surface area contributed by atoms with Gasteiger partial charge in [0, 0.05) is 29.4 Å². The van der Waals surface area contributed by atoms with Gasteiger partial charge in [0.25, 0.3) is 0 Å². The van der Waals surface area contributed by atoms with Gasteiger partial charge >= 0.3 is 5.97 Å². The third-order valence-electron chi connectivity index (χ3n) is 6.83. The zero-order chi connectivity index (χ0) is 24.2.